The molecule has 1 amide bonds. The lowest BCUT2D eigenvalue weighted by Crippen LogP contribution is -2.24. The molecule has 154 valence electrons. The van der Waals surface area contributed by atoms with Gasteiger partial charge in [0.05, 0.1) is 11.1 Å². The number of nitrogens with zero attached hydrogens (tertiary/aromatic N) is 2. The number of rotatable bonds is 5. The highest BCUT2D eigenvalue weighted by molar-refractivity contribution is 9.10. The molecule has 6 nitrogen and oxygen atoms in total. The summed E-state index contributed by atoms with van der Waals surface area (Å²) in [5.74, 6) is -0.678. The fourth-order valence-corrected chi connectivity index (χ4v) is 3.76. The molecule has 4 aromatic rings. The number of pyridine rings is 2. The van der Waals surface area contributed by atoms with Crippen molar-refractivity contribution in [2.45, 2.75) is 13.5 Å². The van der Waals surface area contributed by atoms with E-state index in [1.54, 1.807) is 34.9 Å². The highest BCUT2D eigenvalue weighted by atomic mass is 79.9. The second-order valence-corrected chi connectivity index (χ2v) is 8.06. The van der Waals surface area contributed by atoms with Crippen LogP contribution in [0, 0.1) is 6.92 Å². The van der Waals surface area contributed by atoms with Crippen molar-refractivity contribution < 1.29 is 9.59 Å². The van der Waals surface area contributed by atoms with E-state index in [4.69, 9.17) is 0 Å². The van der Waals surface area contributed by atoms with Crippen LogP contribution < -0.4 is 10.7 Å². The molecule has 0 bridgehead atoms. The van der Waals surface area contributed by atoms with Crippen LogP contribution in [0.15, 0.2) is 82.5 Å². The molecule has 0 radical (unpaired) electrons. The molecular formula is C24H18BrN3O3. The lowest BCUT2D eigenvalue weighted by atomic mass is 10.0. The first kappa shape index (κ1) is 20.7. The Labute approximate surface area is 186 Å². The molecule has 7 heteroatoms. The van der Waals surface area contributed by atoms with Gasteiger partial charge in [-0.3, -0.25) is 19.4 Å². The molecule has 0 aliphatic carbocycles. The number of aryl methyl sites for hydroxylation is 1. The van der Waals surface area contributed by atoms with E-state index in [2.05, 4.69) is 26.2 Å². The van der Waals surface area contributed by atoms with Gasteiger partial charge in [0.25, 0.3) is 0 Å². The molecule has 0 saturated heterocycles. The van der Waals surface area contributed by atoms with Gasteiger partial charge in [-0.15, -0.1) is 0 Å². The predicted octanol–water partition coefficient (Wildman–Crippen LogP) is 4.34. The predicted molar refractivity (Wildman–Crippen MR) is 123 cm³/mol. The molecule has 2 aromatic carbocycles. The van der Waals surface area contributed by atoms with Crippen LogP contribution in [0.5, 0.6) is 0 Å². The van der Waals surface area contributed by atoms with Gasteiger partial charge in [0.2, 0.25) is 11.3 Å². The molecule has 0 spiro atoms. The SMILES string of the molecule is Cc1cccc(NC(=O)Cn2cc(C(=O)c3ccncc3)c(=O)c3cc(Br)ccc32)c1. The molecule has 2 heterocycles. The number of carbonyl (C=O) groups is 2. The first-order valence-corrected chi connectivity index (χ1v) is 10.4. The van der Waals surface area contributed by atoms with Gasteiger partial charge in [-0.05, 0) is 55.0 Å². The lowest BCUT2D eigenvalue weighted by molar-refractivity contribution is -0.116. The Bertz CT molecular complexity index is 1360. The zero-order chi connectivity index (χ0) is 22.0. The van der Waals surface area contributed by atoms with Gasteiger partial charge in [-0.2, -0.15) is 0 Å². The third kappa shape index (κ3) is 4.46. The van der Waals surface area contributed by atoms with Crippen LogP contribution >= 0.6 is 15.9 Å². The summed E-state index contributed by atoms with van der Waals surface area (Å²) in [6.07, 6.45) is 4.45. The lowest BCUT2D eigenvalue weighted by Gasteiger charge is -2.14. The van der Waals surface area contributed by atoms with E-state index in [-0.39, 0.29) is 23.4 Å². The summed E-state index contributed by atoms with van der Waals surface area (Å²) in [7, 11) is 0. The number of ketones is 1. The minimum atomic E-state index is -0.415. The van der Waals surface area contributed by atoms with Gasteiger partial charge in [0.1, 0.15) is 6.54 Å². The summed E-state index contributed by atoms with van der Waals surface area (Å²) in [6.45, 7) is 1.89. The molecular weight excluding hydrogens is 458 g/mol. The van der Waals surface area contributed by atoms with Crippen LogP contribution in [0.1, 0.15) is 21.5 Å². The number of halogens is 1. The Kier molecular flexibility index (Phi) is 5.77. The van der Waals surface area contributed by atoms with Crippen molar-refractivity contribution in [3.05, 3.63) is 105 Å². The third-order valence-corrected chi connectivity index (χ3v) is 5.34. The van der Waals surface area contributed by atoms with E-state index in [0.29, 0.717) is 26.6 Å². The summed E-state index contributed by atoms with van der Waals surface area (Å²) in [4.78, 5) is 42.7. The Morgan fingerprint density at radius 3 is 2.58 bits per heavy atom. The van der Waals surface area contributed by atoms with Crippen LogP contribution in [0.4, 0.5) is 5.69 Å². The Morgan fingerprint density at radius 1 is 1.06 bits per heavy atom. The number of amides is 1. The first-order chi connectivity index (χ1) is 14.9. The van der Waals surface area contributed by atoms with Gasteiger partial charge in [0.15, 0.2) is 5.78 Å². The maximum absolute atomic E-state index is 13.1. The third-order valence-electron chi connectivity index (χ3n) is 4.85. The number of anilines is 1. The van der Waals surface area contributed by atoms with Crippen molar-refractivity contribution >= 4 is 44.2 Å². The number of hydrogen-bond acceptors (Lipinski definition) is 4. The van der Waals surface area contributed by atoms with Crippen LogP contribution in [-0.2, 0) is 11.3 Å². The van der Waals surface area contributed by atoms with Crippen molar-refractivity contribution in [2.75, 3.05) is 5.32 Å². The monoisotopic (exact) mass is 475 g/mol. The first-order valence-electron chi connectivity index (χ1n) is 9.56. The summed E-state index contributed by atoms with van der Waals surface area (Å²) >= 11 is 3.38. The second kappa shape index (κ2) is 8.65. The smallest absolute Gasteiger partial charge is 0.244 e. The van der Waals surface area contributed by atoms with Crippen molar-refractivity contribution in [3.8, 4) is 0 Å². The molecule has 0 aliphatic rings. The van der Waals surface area contributed by atoms with E-state index >= 15 is 0 Å². The molecule has 31 heavy (non-hydrogen) atoms. The number of carbonyl (C=O) groups excluding carboxylic acids is 2. The van der Waals surface area contributed by atoms with Gasteiger partial charge < -0.3 is 9.88 Å². The molecule has 2 aromatic heterocycles. The molecule has 0 aliphatic heterocycles. The van der Waals surface area contributed by atoms with Crippen LogP contribution in [0.2, 0.25) is 0 Å². The molecule has 4 rings (SSSR count). The number of aromatic nitrogens is 2. The maximum atomic E-state index is 13.1. The van der Waals surface area contributed by atoms with E-state index in [1.165, 1.54) is 18.6 Å². The quantitative estimate of drug-likeness (QED) is 0.435. The number of benzene rings is 2. The van der Waals surface area contributed by atoms with Crippen LogP contribution in [0.3, 0.4) is 0 Å². The Hall–Kier alpha value is -3.58. The molecule has 0 atom stereocenters. The Morgan fingerprint density at radius 2 is 1.84 bits per heavy atom. The van der Waals surface area contributed by atoms with E-state index in [1.807, 2.05) is 31.2 Å². The summed E-state index contributed by atoms with van der Waals surface area (Å²) in [6, 6.07) is 15.8. The van der Waals surface area contributed by atoms with Gasteiger partial charge >= 0.3 is 0 Å². The van der Waals surface area contributed by atoms with E-state index in [0.717, 1.165) is 5.56 Å². The van der Waals surface area contributed by atoms with Crippen LogP contribution in [-0.4, -0.2) is 21.2 Å². The summed E-state index contributed by atoms with van der Waals surface area (Å²) in [5, 5.41) is 3.22. The molecule has 0 unspecified atom stereocenters. The fraction of sp³-hybridized carbons (Fsp3) is 0.0833. The maximum Gasteiger partial charge on any atom is 0.244 e. The standard InChI is InChI=1S/C24H18BrN3O3/c1-15-3-2-4-18(11-15)27-22(29)14-28-13-20(23(30)16-7-9-26-10-8-16)24(31)19-12-17(25)5-6-21(19)28/h2-13H,14H2,1H3,(H,27,29). The summed E-state index contributed by atoms with van der Waals surface area (Å²) < 4.78 is 2.34. The minimum absolute atomic E-state index is 0.000144. The van der Waals surface area contributed by atoms with Gasteiger partial charge in [-0.1, -0.05) is 28.1 Å². The van der Waals surface area contributed by atoms with Crippen molar-refractivity contribution in [1.82, 2.24) is 9.55 Å². The van der Waals surface area contributed by atoms with E-state index < -0.39 is 5.78 Å². The molecule has 0 saturated carbocycles. The number of nitrogens with one attached hydrogen (secondary N) is 1. The number of fused-ring (bicyclic) bond motifs is 1. The number of hydrogen-bond donors (Lipinski definition) is 1. The zero-order valence-corrected chi connectivity index (χ0v) is 18.2. The topological polar surface area (TPSA) is 81.1 Å². The molecule has 0 fully saturated rings. The van der Waals surface area contributed by atoms with Crippen molar-refractivity contribution in [1.29, 1.82) is 0 Å². The second-order valence-electron chi connectivity index (χ2n) is 7.14. The van der Waals surface area contributed by atoms with Gasteiger partial charge in [0, 0.05) is 39.7 Å². The minimum Gasteiger partial charge on any atom is -0.337 e. The highest BCUT2D eigenvalue weighted by Crippen LogP contribution is 2.20. The van der Waals surface area contributed by atoms with Crippen LogP contribution in [0.25, 0.3) is 10.9 Å². The largest absolute Gasteiger partial charge is 0.337 e. The molecule has 1 N–H and O–H groups in total. The average molecular weight is 476 g/mol. The van der Waals surface area contributed by atoms with Crippen molar-refractivity contribution in [3.63, 3.8) is 0 Å². The average Bonchev–Trinajstić information content (AvgIpc) is 2.76. The van der Waals surface area contributed by atoms with Crippen molar-refractivity contribution in [2.24, 2.45) is 0 Å². The Balaban J connectivity index is 1.77. The van der Waals surface area contributed by atoms with E-state index in [9.17, 15) is 14.4 Å². The normalized spacial score (nSPS) is 10.8. The highest BCUT2D eigenvalue weighted by Gasteiger charge is 2.18. The fourth-order valence-electron chi connectivity index (χ4n) is 3.40. The summed E-state index contributed by atoms with van der Waals surface area (Å²) in [5.41, 5.74) is 2.26. The zero-order valence-electron chi connectivity index (χ0n) is 16.6. The van der Waals surface area contributed by atoms with Gasteiger partial charge in [-0.25, -0.2) is 0 Å².